The topological polar surface area (TPSA) is 0 Å². The van der Waals surface area contributed by atoms with Crippen molar-refractivity contribution >= 4 is 17.4 Å². The van der Waals surface area contributed by atoms with E-state index in [1.165, 1.54) is 0 Å². The van der Waals surface area contributed by atoms with Gasteiger partial charge in [-0.1, -0.05) is 0 Å². The summed E-state index contributed by atoms with van der Waals surface area (Å²) >= 11 is 0. The molecule has 5 heteroatoms. The molecule has 0 aromatic heterocycles. The number of hydrogen-bond acceptors (Lipinski definition) is 0. The van der Waals surface area contributed by atoms with Gasteiger partial charge in [0.25, 0.3) is 0 Å². The van der Waals surface area contributed by atoms with Crippen LogP contribution in [-0.4, -0.2) is 17.4 Å². The molecule has 0 atom stereocenters. The Balaban J connectivity index is 0. The van der Waals surface area contributed by atoms with Crippen molar-refractivity contribution in [2.75, 3.05) is 0 Å². The van der Waals surface area contributed by atoms with Crippen molar-refractivity contribution < 1.29 is 67.4 Å². The van der Waals surface area contributed by atoms with Gasteiger partial charge in [0.15, 0.2) is 0 Å². The summed E-state index contributed by atoms with van der Waals surface area (Å²) in [4.78, 5) is 0. The van der Waals surface area contributed by atoms with Crippen molar-refractivity contribution in [1.82, 2.24) is 0 Å². The molecule has 0 rings (SSSR count). The fourth-order valence-electron chi connectivity index (χ4n) is 0. The van der Waals surface area contributed by atoms with Crippen molar-refractivity contribution in [3.63, 3.8) is 0 Å². The van der Waals surface area contributed by atoms with Gasteiger partial charge in [-0.3, -0.25) is 0 Å². The zero-order valence-electron chi connectivity index (χ0n) is 1.96. The first-order valence-electron chi connectivity index (χ1n) is 0. The van der Waals surface area contributed by atoms with E-state index in [4.69, 9.17) is 0 Å². The van der Waals surface area contributed by atoms with E-state index in [0.29, 0.717) is 0 Å². The van der Waals surface area contributed by atoms with E-state index in [1.807, 2.05) is 0 Å². The third-order valence-electron chi connectivity index (χ3n) is 0. The van der Waals surface area contributed by atoms with Gasteiger partial charge in [0.1, 0.15) is 0 Å². The average Bonchev–Trinajstić information content (AvgIpc) is 0. The molecule has 0 spiro atoms. The van der Waals surface area contributed by atoms with Crippen molar-refractivity contribution in [2.24, 2.45) is 0 Å². The summed E-state index contributed by atoms with van der Waals surface area (Å²) in [5, 5.41) is 0. The quantitative estimate of drug-likeness (QED) is 0.517. The molecule has 0 heterocycles. The Kier molecular flexibility index (Phi) is 305. The van der Waals surface area contributed by atoms with E-state index in [2.05, 4.69) is 0 Å². The standard InChI is InChI=1S/Al.Co.Fe.Mn.Ni. The molecule has 5 heavy (non-hydrogen) atoms. The molecule has 0 N–H and O–H groups in total. The summed E-state index contributed by atoms with van der Waals surface area (Å²) in [5.74, 6) is 0. The molecule has 5 radical (unpaired) electrons. The third-order valence-corrected chi connectivity index (χ3v) is 0. The van der Waals surface area contributed by atoms with Gasteiger partial charge in [0.05, 0.1) is 0 Å². The fourth-order valence-corrected chi connectivity index (χ4v) is 0. The Morgan fingerprint density at radius 2 is 1.00 bits per heavy atom. The Labute approximate surface area is 83.8 Å². The molecule has 0 bridgehead atoms. The average molecular weight is 255 g/mol. The van der Waals surface area contributed by atoms with Crippen LogP contribution in [0.4, 0.5) is 0 Å². The summed E-state index contributed by atoms with van der Waals surface area (Å²) in [5.41, 5.74) is 0. The molecule has 0 aliphatic heterocycles. The van der Waals surface area contributed by atoms with Crippen LogP contribution < -0.4 is 0 Å². The van der Waals surface area contributed by atoms with Gasteiger partial charge in [-0.25, -0.2) is 0 Å². The van der Waals surface area contributed by atoms with E-state index in [1.54, 1.807) is 0 Å². The minimum Gasteiger partial charge on any atom is 0 e. The van der Waals surface area contributed by atoms with Crippen LogP contribution in [0.25, 0.3) is 0 Å². The van der Waals surface area contributed by atoms with Gasteiger partial charge in [-0.05, 0) is 0 Å². The molecule has 0 aromatic rings. The van der Waals surface area contributed by atoms with Gasteiger partial charge in [-0.15, -0.1) is 0 Å². The maximum absolute atomic E-state index is 0. The first-order chi connectivity index (χ1) is 0. The van der Waals surface area contributed by atoms with Gasteiger partial charge >= 0.3 is 0 Å². The predicted octanol–water partition coefficient (Wildman–Crippen LogP) is -0.391. The van der Waals surface area contributed by atoms with E-state index in [0.717, 1.165) is 0 Å². The first-order valence-corrected chi connectivity index (χ1v) is 0. The molecular formula is AlCoFeMnNi. The zero-order valence-corrected chi connectivity index (χ0v) is 7.43. The Morgan fingerprint density at radius 1 is 1.00 bits per heavy atom. The van der Waals surface area contributed by atoms with E-state index >= 15 is 0 Å². The van der Waals surface area contributed by atoms with E-state index in [-0.39, 0.29) is 84.8 Å². The predicted molar refractivity (Wildman–Crippen MR) is 5.75 cm³/mol. The molecule has 0 aliphatic carbocycles. The molecule has 0 unspecified atom stereocenters. The molecule has 0 aliphatic rings. The van der Waals surface area contributed by atoms with Crippen LogP contribution >= 0.6 is 0 Å². The smallest absolute Gasteiger partial charge is 0 e. The maximum atomic E-state index is 0. The van der Waals surface area contributed by atoms with Crippen molar-refractivity contribution in [1.29, 1.82) is 0 Å². The fraction of sp³-hybridized carbons (Fsp3) is 0. The minimum atomic E-state index is 0. The van der Waals surface area contributed by atoms with Gasteiger partial charge in [0.2, 0.25) is 0 Å². The summed E-state index contributed by atoms with van der Waals surface area (Å²) in [7, 11) is 0. The van der Waals surface area contributed by atoms with Crippen LogP contribution in [0.3, 0.4) is 0 Å². The third kappa shape index (κ3) is 20.8. The van der Waals surface area contributed by atoms with Crippen LogP contribution in [0.5, 0.6) is 0 Å². The van der Waals surface area contributed by atoms with Gasteiger partial charge in [0, 0.05) is 84.8 Å². The molecule has 0 saturated heterocycles. The van der Waals surface area contributed by atoms with Crippen LogP contribution in [-0.2, 0) is 67.4 Å². The van der Waals surface area contributed by atoms with Crippen LogP contribution in [0.1, 0.15) is 0 Å². The van der Waals surface area contributed by atoms with E-state index in [9.17, 15) is 0 Å². The van der Waals surface area contributed by atoms with Crippen molar-refractivity contribution in [3.8, 4) is 0 Å². The second-order valence-corrected chi connectivity index (χ2v) is 0. The molecule has 0 saturated carbocycles. The first kappa shape index (κ1) is 49.4. The summed E-state index contributed by atoms with van der Waals surface area (Å²) in [6, 6.07) is 0. The Hall–Kier alpha value is 2.57. The van der Waals surface area contributed by atoms with Crippen LogP contribution in [0.15, 0.2) is 0 Å². The van der Waals surface area contributed by atoms with Crippen LogP contribution in [0.2, 0.25) is 0 Å². The van der Waals surface area contributed by atoms with E-state index < -0.39 is 0 Å². The van der Waals surface area contributed by atoms with Gasteiger partial charge in [-0.2, -0.15) is 0 Å². The molecule has 37 valence electrons. The second kappa shape index (κ2) is 30.8. The zero-order chi connectivity index (χ0) is 0. The molecular weight excluding hydrogens is 255 g/mol. The van der Waals surface area contributed by atoms with Crippen molar-refractivity contribution in [3.05, 3.63) is 0 Å². The summed E-state index contributed by atoms with van der Waals surface area (Å²) < 4.78 is 0. The largest absolute Gasteiger partial charge is 0 e. The Morgan fingerprint density at radius 3 is 1.00 bits per heavy atom. The second-order valence-electron chi connectivity index (χ2n) is 0. The summed E-state index contributed by atoms with van der Waals surface area (Å²) in [6.07, 6.45) is 0. The molecule has 0 fully saturated rings. The monoisotopic (exact) mass is 255 g/mol. The van der Waals surface area contributed by atoms with Crippen molar-refractivity contribution in [2.45, 2.75) is 0 Å². The Bertz CT molecular complexity index is 11.6. The van der Waals surface area contributed by atoms with Gasteiger partial charge < -0.3 is 0 Å². The maximum Gasteiger partial charge on any atom is 0 e. The number of hydrogen-bond donors (Lipinski definition) is 0. The summed E-state index contributed by atoms with van der Waals surface area (Å²) in [6.45, 7) is 0. The molecule has 0 amide bonds. The number of rotatable bonds is 0. The molecule has 0 nitrogen and oxygen atoms in total. The SMILES string of the molecule is [Al].[Co].[Fe].[Mn].[Ni]. The minimum absolute atomic E-state index is 0. The molecule has 0 aromatic carbocycles. The normalized spacial score (nSPS) is 0. The van der Waals surface area contributed by atoms with Crippen LogP contribution in [0, 0.1) is 0 Å².